The van der Waals surface area contributed by atoms with Crippen LogP contribution in [0.25, 0.3) is 22.3 Å². The van der Waals surface area contributed by atoms with Crippen LogP contribution in [0.1, 0.15) is 73.6 Å². The van der Waals surface area contributed by atoms with Crippen molar-refractivity contribution >= 4 is 26.3 Å². The van der Waals surface area contributed by atoms with Gasteiger partial charge in [-0.05, 0) is 13.8 Å². The molecule has 210 valence electrons. The van der Waals surface area contributed by atoms with E-state index in [1.165, 1.54) is 119 Å². The molecule has 4 aromatic carbocycles. The number of hydrogen-bond acceptors (Lipinski definition) is 0. The molecule has 0 radical (unpaired) electrons. The van der Waals surface area contributed by atoms with Crippen molar-refractivity contribution in [3.8, 4) is 22.3 Å². The third-order valence-electron chi connectivity index (χ3n) is 7.65. The van der Waals surface area contributed by atoms with Gasteiger partial charge in [0.1, 0.15) is 0 Å². The molecule has 0 atom stereocenters. The van der Waals surface area contributed by atoms with E-state index in [1.54, 1.807) is 0 Å². The minimum absolute atomic E-state index is 0.929. The van der Waals surface area contributed by atoms with Crippen LogP contribution in [0.15, 0.2) is 97.1 Å². The third-order valence-corrected chi connectivity index (χ3v) is 15.4. The molecule has 4 rings (SSSR count). The molecule has 0 aliphatic carbocycles. The number of unbranched alkanes of at least 4 members (excludes halogenated alkanes) is 6. The smallest absolute Gasteiger partial charge is 0.0587 e. The van der Waals surface area contributed by atoms with Gasteiger partial charge in [0.05, 0.1) is 0 Å². The Morgan fingerprint density at radius 3 is 1.00 bits per heavy atom. The van der Waals surface area contributed by atoms with Gasteiger partial charge in [-0.2, -0.15) is 0 Å². The predicted octanol–water partition coefficient (Wildman–Crippen LogP) is 10.7. The predicted molar refractivity (Wildman–Crippen MR) is 179 cm³/mol. The fraction of sp³-hybridized carbons (Fsp3) is 0.368. The molecule has 0 nitrogen and oxygen atoms in total. The minimum Gasteiger partial charge on any atom is -0.0587 e. The Hall–Kier alpha value is -2.08. The molecule has 0 bridgehead atoms. The van der Waals surface area contributed by atoms with E-state index in [0.717, 1.165) is 26.3 Å². The standard InChI is InChI=1S/C38H46Se2/c1-31-13-21-35(22-14-31)37-25-17-33(18-26-37)11-7-3-5-9-29-39-40-30-10-6-4-8-12-34-19-27-38(28-20-34)36-23-15-32(2)16-24-36/h13-28H,3-12,29-30H2,1-2H3. The van der Waals surface area contributed by atoms with Gasteiger partial charge in [-0.3, -0.25) is 0 Å². The van der Waals surface area contributed by atoms with E-state index in [4.69, 9.17) is 0 Å². The minimum atomic E-state index is 0.929. The van der Waals surface area contributed by atoms with Crippen LogP contribution in [-0.4, -0.2) is 26.3 Å². The number of hydrogen-bond donors (Lipinski definition) is 0. The molecule has 40 heavy (non-hydrogen) atoms. The molecule has 2 heteroatoms. The van der Waals surface area contributed by atoms with Crippen LogP contribution in [0.5, 0.6) is 0 Å². The quantitative estimate of drug-likeness (QED) is 0.0781. The van der Waals surface area contributed by atoms with E-state index in [9.17, 15) is 0 Å². The van der Waals surface area contributed by atoms with E-state index in [1.807, 2.05) is 0 Å². The van der Waals surface area contributed by atoms with Crippen LogP contribution in [0, 0.1) is 13.8 Å². The molecule has 0 aliphatic rings. The first-order valence-electron chi connectivity index (χ1n) is 15.2. The topological polar surface area (TPSA) is 0 Å². The van der Waals surface area contributed by atoms with Crippen molar-refractivity contribution < 1.29 is 0 Å². The van der Waals surface area contributed by atoms with Crippen molar-refractivity contribution in [3.05, 3.63) is 119 Å². The normalized spacial score (nSPS) is 11.2. The molecule has 0 unspecified atom stereocenters. The molecule has 0 N–H and O–H groups in total. The summed E-state index contributed by atoms with van der Waals surface area (Å²) in [5, 5.41) is 3.02. The Morgan fingerprint density at radius 1 is 0.350 bits per heavy atom. The summed E-state index contributed by atoms with van der Waals surface area (Å²) >= 11 is 1.86. The van der Waals surface area contributed by atoms with Crippen LogP contribution in [0.3, 0.4) is 0 Å². The molecule has 0 fully saturated rings. The van der Waals surface area contributed by atoms with E-state index >= 15 is 0 Å². The van der Waals surface area contributed by atoms with E-state index < -0.39 is 0 Å². The molecule has 0 aromatic heterocycles. The average molecular weight is 661 g/mol. The van der Waals surface area contributed by atoms with Crippen LogP contribution in [0.4, 0.5) is 0 Å². The van der Waals surface area contributed by atoms with Crippen molar-refractivity contribution in [1.82, 2.24) is 0 Å². The van der Waals surface area contributed by atoms with E-state index in [2.05, 4.69) is 111 Å². The summed E-state index contributed by atoms with van der Waals surface area (Å²) in [5.74, 6) is 0. The van der Waals surface area contributed by atoms with Gasteiger partial charge in [-0.1, -0.05) is 35.4 Å². The van der Waals surface area contributed by atoms with Crippen LogP contribution < -0.4 is 0 Å². The third kappa shape index (κ3) is 11.1. The van der Waals surface area contributed by atoms with Crippen LogP contribution in [-0.2, 0) is 12.8 Å². The van der Waals surface area contributed by atoms with Gasteiger partial charge in [0, 0.05) is 0 Å². The Kier molecular flexibility index (Phi) is 13.6. The van der Waals surface area contributed by atoms with Crippen molar-refractivity contribution in [1.29, 1.82) is 0 Å². The molecule has 4 aromatic rings. The zero-order valence-corrected chi connectivity index (χ0v) is 28.0. The Labute approximate surface area is 255 Å². The van der Waals surface area contributed by atoms with Crippen molar-refractivity contribution in [3.63, 3.8) is 0 Å². The molecule has 0 amide bonds. The first-order valence-corrected chi connectivity index (χ1v) is 22.0. The first kappa shape index (κ1) is 30.9. The summed E-state index contributed by atoms with van der Waals surface area (Å²) in [6.07, 6.45) is 13.6. The molecule has 0 aliphatic heterocycles. The zero-order chi connectivity index (χ0) is 27.8. The molecule has 0 heterocycles. The summed E-state index contributed by atoms with van der Waals surface area (Å²) in [4.78, 5) is 0. The van der Waals surface area contributed by atoms with Crippen LogP contribution >= 0.6 is 0 Å². The first-order chi connectivity index (χ1) is 19.7. The summed E-state index contributed by atoms with van der Waals surface area (Å²) in [7, 11) is 0. The maximum atomic E-state index is 2.32. The van der Waals surface area contributed by atoms with Crippen molar-refractivity contribution in [2.75, 3.05) is 0 Å². The SMILES string of the molecule is Cc1ccc(-c2ccc(CCCCCC[Se][Se]CCCCCCc3ccc(-c4ccc(C)cc4)cc3)cc2)cc1. The maximum absolute atomic E-state index is 2.32. The number of rotatable bonds is 17. The summed E-state index contributed by atoms with van der Waals surface area (Å²) in [6, 6.07) is 36.1. The molecule has 0 saturated carbocycles. The summed E-state index contributed by atoms with van der Waals surface area (Å²) in [5.41, 5.74) is 10.9. The summed E-state index contributed by atoms with van der Waals surface area (Å²) in [6.45, 7) is 4.29. The number of benzene rings is 4. The van der Waals surface area contributed by atoms with Gasteiger partial charge in [0.15, 0.2) is 0 Å². The monoisotopic (exact) mass is 662 g/mol. The fourth-order valence-corrected chi connectivity index (χ4v) is 12.0. The van der Waals surface area contributed by atoms with Gasteiger partial charge in [0.2, 0.25) is 0 Å². The second-order valence-corrected chi connectivity index (χ2v) is 18.9. The number of aryl methyl sites for hydroxylation is 4. The Balaban J connectivity index is 0.943. The van der Waals surface area contributed by atoms with E-state index in [0.29, 0.717) is 0 Å². The van der Waals surface area contributed by atoms with Crippen molar-refractivity contribution in [2.45, 2.75) is 88.7 Å². The van der Waals surface area contributed by atoms with E-state index in [-0.39, 0.29) is 0 Å². The van der Waals surface area contributed by atoms with Gasteiger partial charge in [0.25, 0.3) is 0 Å². The zero-order valence-electron chi connectivity index (χ0n) is 24.5. The van der Waals surface area contributed by atoms with Crippen LogP contribution in [0.2, 0.25) is 10.6 Å². The molecular formula is C38H46Se2. The Morgan fingerprint density at radius 2 is 0.650 bits per heavy atom. The summed E-state index contributed by atoms with van der Waals surface area (Å²) < 4.78 is 0. The Bertz CT molecular complexity index is 1120. The van der Waals surface area contributed by atoms with Gasteiger partial charge < -0.3 is 0 Å². The fourth-order valence-electron chi connectivity index (χ4n) is 5.02. The molecule has 0 saturated heterocycles. The molecular weight excluding hydrogens is 614 g/mol. The van der Waals surface area contributed by atoms with Gasteiger partial charge in [-0.15, -0.1) is 0 Å². The molecule has 0 spiro atoms. The van der Waals surface area contributed by atoms with Gasteiger partial charge >= 0.3 is 207 Å². The average Bonchev–Trinajstić information content (AvgIpc) is 2.99. The van der Waals surface area contributed by atoms with Crippen molar-refractivity contribution in [2.24, 2.45) is 0 Å². The second kappa shape index (κ2) is 17.7. The second-order valence-electron chi connectivity index (χ2n) is 11.1. The van der Waals surface area contributed by atoms with Gasteiger partial charge in [-0.25, -0.2) is 0 Å².